The fourth-order valence-electron chi connectivity index (χ4n) is 1.43. The van der Waals surface area contributed by atoms with Gasteiger partial charge in [-0.05, 0) is 31.2 Å². The topological polar surface area (TPSA) is 68.8 Å². The van der Waals surface area contributed by atoms with Gasteiger partial charge in [0.1, 0.15) is 12.4 Å². The van der Waals surface area contributed by atoms with Crippen molar-refractivity contribution in [2.24, 2.45) is 0 Å². The molecule has 0 bridgehead atoms. The van der Waals surface area contributed by atoms with Crippen molar-refractivity contribution in [3.8, 4) is 5.75 Å². The van der Waals surface area contributed by atoms with Gasteiger partial charge in [0.25, 0.3) is 0 Å². The smallest absolute Gasteiger partial charge is 0.319 e. The molecular formula is C14H22N2O4. The first-order valence-corrected chi connectivity index (χ1v) is 6.60. The van der Waals surface area contributed by atoms with Gasteiger partial charge in [0.15, 0.2) is 0 Å². The van der Waals surface area contributed by atoms with Gasteiger partial charge in [-0.2, -0.15) is 0 Å². The van der Waals surface area contributed by atoms with E-state index in [9.17, 15) is 4.79 Å². The summed E-state index contributed by atoms with van der Waals surface area (Å²) >= 11 is 0. The molecule has 0 aliphatic rings. The predicted octanol–water partition coefficient (Wildman–Crippen LogP) is 1.87. The zero-order valence-electron chi connectivity index (χ0n) is 12.0. The van der Waals surface area contributed by atoms with Crippen molar-refractivity contribution in [1.82, 2.24) is 5.32 Å². The van der Waals surface area contributed by atoms with E-state index < -0.39 is 0 Å². The molecule has 0 saturated heterocycles. The Morgan fingerprint density at radius 2 is 1.90 bits per heavy atom. The molecule has 0 spiro atoms. The van der Waals surface area contributed by atoms with Gasteiger partial charge in [0, 0.05) is 25.9 Å². The fourth-order valence-corrected chi connectivity index (χ4v) is 1.43. The monoisotopic (exact) mass is 282 g/mol. The van der Waals surface area contributed by atoms with E-state index in [1.807, 2.05) is 6.92 Å². The minimum absolute atomic E-state index is 0.252. The average Bonchev–Trinajstić information content (AvgIpc) is 2.46. The first kappa shape index (κ1) is 16.3. The molecule has 0 aliphatic heterocycles. The van der Waals surface area contributed by atoms with Crippen molar-refractivity contribution in [1.29, 1.82) is 0 Å². The average molecular weight is 282 g/mol. The number of hydrogen-bond acceptors (Lipinski definition) is 4. The number of carbonyl (C=O) groups is 1. The molecule has 0 radical (unpaired) electrons. The molecule has 112 valence electrons. The van der Waals surface area contributed by atoms with Crippen molar-refractivity contribution < 1.29 is 19.0 Å². The Morgan fingerprint density at radius 1 is 1.15 bits per heavy atom. The number of carbonyl (C=O) groups excluding carboxylic acids is 1. The molecule has 2 amide bonds. The lowest BCUT2D eigenvalue weighted by molar-refractivity contribution is 0.146. The van der Waals surface area contributed by atoms with E-state index in [1.165, 1.54) is 0 Å². The summed E-state index contributed by atoms with van der Waals surface area (Å²) in [4.78, 5) is 11.5. The molecule has 0 atom stereocenters. The van der Waals surface area contributed by atoms with E-state index in [1.54, 1.807) is 31.4 Å². The maximum absolute atomic E-state index is 11.5. The fraction of sp³-hybridized carbons (Fsp3) is 0.500. The number of hydrogen-bond donors (Lipinski definition) is 2. The molecule has 6 heteroatoms. The Kier molecular flexibility index (Phi) is 8.17. The third-order valence-corrected chi connectivity index (χ3v) is 2.40. The van der Waals surface area contributed by atoms with Crippen LogP contribution in [0.15, 0.2) is 24.3 Å². The lowest BCUT2D eigenvalue weighted by Gasteiger charge is -2.09. The molecule has 0 aromatic heterocycles. The number of amides is 2. The van der Waals surface area contributed by atoms with Crippen LogP contribution in [0.5, 0.6) is 5.75 Å². The van der Waals surface area contributed by atoms with Crippen LogP contribution in [0.1, 0.15) is 6.92 Å². The molecule has 2 N–H and O–H groups in total. The highest BCUT2D eigenvalue weighted by atomic mass is 16.5. The molecule has 20 heavy (non-hydrogen) atoms. The number of methoxy groups -OCH3 is 1. The van der Waals surface area contributed by atoms with Gasteiger partial charge in [-0.25, -0.2) is 4.79 Å². The summed E-state index contributed by atoms with van der Waals surface area (Å²) in [6, 6.07) is 6.91. The SMILES string of the molecule is CCOCCNC(=O)Nc1ccc(OCCOC)cc1. The van der Waals surface area contributed by atoms with Crippen LogP contribution in [0.2, 0.25) is 0 Å². The van der Waals surface area contributed by atoms with Crippen LogP contribution in [0.4, 0.5) is 10.5 Å². The zero-order chi connectivity index (χ0) is 14.6. The van der Waals surface area contributed by atoms with Crippen LogP contribution >= 0.6 is 0 Å². The number of benzene rings is 1. The van der Waals surface area contributed by atoms with Crippen LogP contribution in [0.3, 0.4) is 0 Å². The van der Waals surface area contributed by atoms with E-state index in [4.69, 9.17) is 14.2 Å². The van der Waals surface area contributed by atoms with Gasteiger partial charge >= 0.3 is 6.03 Å². The van der Waals surface area contributed by atoms with E-state index in [2.05, 4.69) is 10.6 Å². The van der Waals surface area contributed by atoms with Gasteiger partial charge in [-0.3, -0.25) is 0 Å². The summed E-state index contributed by atoms with van der Waals surface area (Å²) in [6.07, 6.45) is 0. The second-order valence-electron chi connectivity index (χ2n) is 3.94. The van der Waals surface area contributed by atoms with Crippen molar-refractivity contribution in [3.05, 3.63) is 24.3 Å². The van der Waals surface area contributed by atoms with Crippen molar-refractivity contribution in [3.63, 3.8) is 0 Å². The van der Waals surface area contributed by atoms with Crippen molar-refractivity contribution >= 4 is 11.7 Å². The van der Waals surface area contributed by atoms with E-state index in [-0.39, 0.29) is 6.03 Å². The number of anilines is 1. The molecule has 0 unspecified atom stereocenters. The highest BCUT2D eigenvalue weighted by Gasteiger charge is 2.01. The zero-order valence-corrected chi connectivity index (χ0v) is 12.0. The van der Waals surface area contributed by atoms with Crippen LogP contribution in [0, 0.1) is 0 Å². The summed E-state index contributed by atoms with van der Waals surface area (Å²) < 4.78 is 15.4. The molecule has 0 heterocycles. The third kappa shape index (κ3) is 6.96. The quantitative estimate of drug-likeness (QED) is 0.678. The Balaban J connectivity index is 2.27. The normalized spacial score (nSPS) is 10.1. The van der Waals surface area contributed by atoms with E-state index >= 15 is 0 Å². The lowest BCUT2D eigenvalue weighted by atomic mass is 10.3. The number of nitrogens with one attached hydrogen (secondary N) is 2. The second-order valence-corrected chi connectivity index (χ2v) is 3.94. The molecular weight excluding hydrogens is 260 g/mol. The molecule has 1 aromatic carbocycles. The standard InChI is InChI=1S/C14H22N2O4/c1-3-19-9-8-15-14(17)16-12-4-6-13(7-5-12)20-11-10-18-2/h4-7H,3,8-11H2,1-2H3,(H2,15,16,17). The van der Waals surface area contributed by atoms with Gasteiger partial charge in [0.05, 0.1) is 13.2 Å². The molecule has 0 saturated carbocycles. The second kappa shape index (κ2) is 10.1. The number of rotatable bonds is 9. The summed E-state index contributed by atoms with van der Waals surface area (Å²) in [6.45, 7) is 4.60. The summed E-state index contributed by atoms with van der Waals surface area (Å²) in [5, 5.41) is 5.43. The first-order chi connectivity index (χ1) is 9.76. The Bertz CT molecular complexity index is 381. The summed E-state index contributed by atoms with van der Waals surface area (Å²) in [5.74, 6) is 0.740. The molecule has 0 aliphatic carbocycles. The summed E-state index contributed by atoms with van der Waals surface area (Å²) in [7, 11) is 1.63. The van der Waals surface area contributed by atoms with Crippen LogP contribution < -0.4 is 15.4 Å². The van der Waals surface area contributed by atoms with Crippen molar-refractivity contribution in [2.75, 3.05) is 45.4 Å². The van der Waals surface area contributed by atoms with Gasteiger partial charge in [-0.1, -0.05) is 0 Å². The Labute approximate surface area is 119 Å². The third-order valence-electron chi connectivity index (χ3n) is 2.40. The number of urea groups is 1. The van der Waals surface area contributed by atoms with Gasteiger partial charge in [0.2, 0.25) is 0 Å². The van der Waals surface area contributed by atoms with Gasteiger partial charge in [-0.15, -0.1) is 0 Å². The highest BCUT2D eigenvalue weighted by molar-refractivity contribution is 5.89. The van der Waals surface area contributed by atoms with Gasteiger partial charge < -0.3 is 24.8 Å². The summed E-state index contributed by atoms with van der Waals surface area (Å²) in [5.41, 5.74) is 0.706. The highest BCUT2D eigenvalue weighted by Crippen LogP contribution is 2.15. The molecule has 1 aromatic rings. The van der Waals surface area contributed by atoms with Crippen LogP contribution in [-0.2, 0) is 9.47 Å². The molecule has 0 fully saturated rings. The van der Waals surface area contributed by atoms with Crippen molar-refractivity contribution in [2.45, 2.75) is 6.92 Å². The predicted molar refractivity (Wildman–Crippen MR) is 77.3 cm³/mol. The maximum Gasteiger partial charge on any atom is 0.319 e. The molecule has 6 nitrogen and oxygen atoms in total. The Hall–Kier alpha value is -1.79. The number of ether oxygens (including phenoxy) is 3. The lowest BCUT2D eigenvalue weighted by Crippen LogP contribution is -2.31. The molecule has 1 rings (SSSR count). The van der Waals surface area contributed by atoms with E-state index in [0.29, 0.717) is 38.7 Å². The Morgan fingerprint density at radius 3 is 2.55 bits per heavy atom. The van der Waals surface area contributed by atoms with Crippen LogP contribution in [-0.4, -0.2) is 46.1 Å². The minimum Gasteiger partial charge on any atom is -0.491 e. The minimum atomic E-state index is -0.252. The first-order valence-electron chi connectivity index (χ1n) is 6.60. The maximum atomic E-state index is 11.5. The largest absolute Gasteiger partial charge is 0.491 e. The van der Waals surface area contributed by atoms with E-state index in [0.717, 1.165) is 5.75 Å². The van der Waals surface area contributed by atoms with Crippen LogP contribution in [0.25, 0.3) is 0 Å².